The van der Waals surface area contributed by atoms with Crippen molar-refractivity contribution in [3.63, 3.8) is 0 Å². The highest BCUT2D eigenvalue weighted by Gasteiger charge is 2.24. The zero-order valence-electron chi connectivity index (χ0n) is 13.3. The number of alkyl halides is 2. The number of aromatic nitrogens is 2. The lowest BCUT2D eigenvalue weighted by Gasteiger charge is -2.24. The van der Waals surface area contributed by atoms with Crippen molar-refractivity contribution < 1.29 is 13.6 Å². The minimum atomic E-state index is -2.66. The molecule has 0 saturated carbocycles. The molecule has 0 aliphatic heterocycles. The van der Waals surface area contributed by atoms with Crippen molar-refractivity contribution in [2.24, 2.45) is 0 Å². The second-order valence-corrected chi connectivity index (χ2v) is 5.47. The zero-order chi connectivity index (χ0) is 16.8. The van der Waals surface area contributed by atoms with E-state index in [4.69, 9.17) is 0 Å². The Morgan fingerprint density at radius 1 is 1.30 bits per heavy atom. The monoisotopic (exact) mass is 321 g/mol. The van der Waals surface area contributed by atoms with E-state index in [0.717, 1.165) is 23.0 Å². The number of rotatable bonds is 7. The first-order valence-corrected chi connectivity index (χ1v) is 7.64. The van der Waals surface area contributed by atoms with Gasteiger partial charge in [0.25, 0.3) is 0 Å². The quantitative estimate of drug-likeness (QED) is 0.777. The van der Waals surface area contributed by atoms with Gasteiger partial charge in [0.2, 0.25) is 5.91 Å². The summed E-state index contributed by atoms with van der Waals surface area (Å²) in [6.45, 7) is -0.577. The number of amides is 1. The topological polar surface area (TPSA) is 38.1 Å². The van der Waals surface area contributed by atoms with Crippen LogP contribution in [-0.4, -0.2) is 27.4 Å². The Bertz CT molecular complexity index is 628. The van der Waals surface area contributed by atoms with Crippen molar-refractivity contribution in [2.75, 3.05) is 7.05 Å². The van der Waals surface area contributed by atoms with Crippen LogP contribution in [0.15, 0.2) is 42.7 Å². The average molecular weight is 321 g/mol. The Kier molecular flexibility index (Phi) is 5.84. The third-order valence-electron chi connectivity index (χ3n) is 3.79. The molecule has 23 heavy (non-hydrogen) atoms. The molecule has 6 heteroatoms. The first-order valence-electron chi connectivity index (χ1n) is 7.64. The van der Waals surface area contributed by atoms with Crippen LogP contribution in [-0.2, 0) is 11.3 Å². The number of hydrogen-bond acceptors (Lipinski definition) is 2. The van der Waals surface area contributed by atoms with Gasteiger partial charge in [-0.05, 0) is 12.0 Å². The summed E-state index contributed by atoms with van der Waals surface area (Å²) in [4.78, 5) is 18.1. The Labute approximate surface area is 134 Å². The summed E-state index contributed by atoms with van der Waals surface area (Å²) in [5, 5.41) is 0. The lowest BCUT2D eigenvalue weighted by atomic mass is 9.93. The van der Waals surface area contributed by atoms with E-state index in [9.17, 15) is 13.6 Å². The third kappa shape index (κ3) is 4.15. The predicted molar refractivity (Wildman–Crippen MR) is 84.0 cm³/mol. The van der Waals surface area contributed by atoms with Crippen molar-refractivity contribution in [1.82, 2.24) is 14.5 Å². The van der Waals surface area contributed by atoms with Crippen LogP contribution in [0.25, 0.3) is 0 Å². The lowest BCUT2D eigenvalue weighted by molar-refractivity contribution is -0.132. The van der Waals surface area contributed by atoms with E-state index in [1.807, 2.05) is 37.3 Å². The first-order chi connectivity index (χ1) is 11.0. The van der Waals surface area contributed by atoms with Crippen molar-refractivity contribution in [3.05, 3.63) is 54.1 Å². The van der Waals surface area contributed by atoms with Crippen LogP contribution < -0.4 is 0 Å². The molecule has 1 aromatic heterocycles. The summed E-state index contributed by atoms with van der Waals surface area (Å²) >= 11 is 0. The van der Waals surface area contributed by atoms with E-state index in [1.165, 1.54) is 17.3 Å². The molecule has 0 aliphatic rings. The summed E-state index contributed by atoms with van der Waals surface area (Å²) in [5.41, 5.74) is 0.948. The van der Waals surface area contributed by atoms with Crippen molar-refractivity contribution in [3.8, 4) is 0 Å². The van der Waals surface area contributed by atoms with Crippen LogP contribution in [0, 0.1) is 0 Å². The van der Waals surface area contributed by atoms with Crippen molar-refractivity contribution in [1.29, 1.82) is 0 Å². The average Bonchev–Trinajstić information content (AvgIpc) is 3.01. The summed E-state index contributed by atoms with van der Waals surface area (Å²) < 4.78 is 26.5. The van der Waals surface area contributed by atoms with Gasteiger partial charge in [-0.1, -0.05) is 43.7 Å². The zero-order valence-corrected chi connectivity index (χ0v) is 13.3. The molecule has 1 unspecified atom stereocenters. The van der Waals surface area contributed by atoms with Crippen LogP contribution >= 0.6 is 0 Å². The number of nitrogens with zero attached hydrogens (tertiary/aromatic N) is 3. The minimum absolute atomic E-state index is 0.0588. The molecule has 0 fully saturated rings. The maximum Gasteiger partial charge on any atom is 0.319 e. The fourth-order valence-corrected chi connectivity index (χ4v) is 2.61. The Morgan fingerprint density at radius 3 is 2.61 bits per heavy atom. The van der Waals surface area contributed by atoms with Crippen molar-refractivity contribution >= 4 is 5.91 Å². The number of hydrogen-bond donors (Lipinski definition) is 0. The first kappa shape index (κ1) is 17.1. The molecule has 2 aromatic rings. The van der Waals surface area contributed by atoms with Gasteiger partial charge in [0.15, 0.2) is 0 Å². The second kappa shape index (κ2) is 7.85. The summed E-state index contributed by atoms with van der Waals surface area (Å²) in [6.07, 6.45) is 4.13. The number of carbonyl (C=O) groups is 1. The van der Waals surface area contributed by atoms with Gasteiger partial charge < -0.3 is 4.90 Å². The number of benzene rings is 1. The molecule has 0 saturated heterocycles. The van der Waals surface area contributed by atoms with Crippen LogP contribution in [0.3, 0.4) is 0 Å². The van der Waals surface area contributed by atoms with E-state index in [-0.39, 0.29) is 24.2 Å². The maximum absolute atomic E-state index is 12.9. The molecule has 1 heterocycles. The fourth-order valence-electron chi connectivity index (χ4n) is 2.61. The molecule has 0 N–H and O–H groups in total. The van der Waals surface area contributed by atoms with E-state index in [1.54, 1.807) is 7.05 Å². The van der Waals surface area contributed by atoms with Gasteiger partial charge in [-0.3, -0.25) is 9.36 Å². The van der Waals surface area contributed by atoms with Crippen LogP contribution in [0.4, 0.5) is 8.78 Å². The maximum atomic E-state index is 12.9. The Morgan fingerprint density at radius 2 is 2.00 bits per heavy atom. The van der Waals surface area contributed by atoms with E-state index in [2.05, 4.69) is 4.98 Å². The number of carbonyl (C=O) groups excluding carboxylic acids is 1. The molecule has 0 aliphatic carbocycles. The van der Waals surface area contributed by atoms with Gasteiger partial charge in [0.1, 0.15) is 5.82 Å². The number of likely N-dealkylation sites (N-methyl/N-ethyl adjacent to an activating group) is 1. The molecule has 124 valence electrons. The van der Waals surface area contributed by atoms with E-state index < -0.39 is 6.55 Å². The molecule has 2 rings (SSSR count). The highest BCUT2D eigenvalue weighted by Crippen LogP contribution is 2.24. The second-order valence-electron chi connectivity index (χ2n) is 5.47. The third-order valence-corrected chi connectivity index (χ3v) is 3.79. The number of halogens is 2. The Balaban J connectivity index is 2.14. The highest BCUT2D eigenvalue weighted by atomic mass is 19.3. The van der Waals surface area contributed by atoms with Gasteiger partial charge in [-0.25, -0.2) is 4.98 Å². The SMILES string of the molecule is CCCC(C(=O)N(C)Cc1nccn1C(F)F)c1ccccc1. The van der Waals surface area contributed by atoms with E-state index >= 15 is 0 Å². The summed E-state index contributed by atoms with van der Waals surface area (Å²) in [5.74, 6) is -0.165. The lowest BCUT2D eigenvalue weighted by Crippen LogP contribution is -2.32. The van der Waals surface area contributed by atoms with Crippen molar-refractivity contribution in [2.45, 2.75) is 38.8 Å². The minimum Gasteiger partial charge on any atom is -0.338 e. The largest absolute Gasteiger partial charge is 0.338 e. The number of imidazole rings is 1. The molecule has 0 spiro atoms. The fraction of sp³-hybridized carbons (Fsp3) is 0.412. The molecule has 1 atom stereocenters. The molecule has 4 nitrogen and oxygen atoms in total. The molecule has 0 bridgehead atoms. The molecule has 0 radical (unpaired) electrons. The highest BCUT2D eigenvalue weighted by molar-refractivity contribution is 5.83. The van der Waals surface area contributed by atoms with Gasteiger partial charge in [0, 0.05) is 19.4 Å². The molecular weight excluding hydrogens is 300 g/mol. The van der Waals surface area contributed by atoms with Gasteiger partial charge in [0.05, 0.1) is 12.5 Å². The van der Waals surface area contributed by atoms with Crippen LogP contribution in [0.5, 0.6) is 0 Å². The summed E-state index contributed by atoms with van der Waals surface area (Å²) in [6, 6.07) is 9.54. The normalized spacial score (nSPS) is 12.4. The smallest absolute Gasteiger partial charge is 0.319 e. The molecular formula is C17H21F2N3O. The van der Waals surface area contributed by atoms with Gasteiger partial charge in [-0.15, -0.1) is 0 Å². The summed E-state index contributed by atoms with van der Waals surface area (Å²) in [7, 11) is 1.62. The standard InChI is InChI=1S/C17H21F2N3O/c1-3-7-14(13-8-5-4-6-9-13)16(23)21(2)12-15-20-10-11-22(15)17(18)19/h4-6,8-11,14,17H,3,7,12H2,1-2H3. The van der Waals surface area contributed by atoms with E-state index in [0.29, 0.717) is 0 Å². The Hall–Kier alpha value is -2.24. The van der Waals surface area contributed by atoms with Gasteiger partial charge >= 0.3 is 6.55 Å². The molecule has 1 amide bonds. The van der Waals surface area contributed by atoms with Crippen LogP contribution in [0.2, 0.25) is 0 Å². The van der Waals surface area contributed by atoms with Crippen LogP contribution in [0.1, 0.15) is 43.6 Å². The predicted octanol–water partition coefficient (Wildman–Crippen LogP) is 3.82. The molecule has 1 aromatic carbocycles. The van der Waals surface area contributed by atoms with Gasteiger partial charge in [-0.2, -0.15) is 8.78 Å².